The van der Waals surface area contributed by atoms with Crippen molar-refractivity contribution in [3.05, 3.63) is 51.2 Å². The van der Waals surface area contributed by atoms with Crippen LogP contribution in [0.15, 0.2) is 29.6 Å². The number of thiophene rings is 1. The molecule has 2 aliphatic rings. The van der Waals surface area contributed by atoms with E-state index < -0.39 is 0 Å². The van der Waals surface area contributed by atoms with Crippen molar-refractivity contribution in [1.82, 2.24) is 0 Å². The quantitative estimate of drug-likeness (QED) is 0.693. The first kappa shape index (κ1) is 11.7. The summed E-state index contributed by atoms with van der Waals surface area (Å²) in [5.74, 6) is 0.762. The fourth-order valence-corrected chi connectivity index (χ4v) is 3.72. The highest BCUT2D eigenvalue weighted by Gasteiger charge is 2.36. The van der Waals surface area contributed by atoms with Crippen molar-refractivity contribution < 1.29 is 9.53 Å². The van der Waals surface area contributed by atoms with Crippen molar-refractivity contribution in [3.8, 4) is 0 Å². The molecular formula is C16H13NO2S. The van der Waals surface area contributed by atoms with Crippen LogP contribution in [0.5, 0.6) is 0 Å². The average molecular weight is 283 g/mol. The molecule has 100 valence electrons. The summed E-state index contributed by atoms with van der Waals surface area (Å²) in [5, 5.41) is 2.05. The van der Waals surface area contributed by atoms with Crippen molar-refractivity contribution >= 4 is 34.3 Å². The zero-order valence-corrected chi connectivity index (χ0v) is 12.1. The molecule has 2 aliphatic heterocycles. The molecular weight excluding hydrogens is 270 g/mol. The van der Waals surface area contributed by atoms with Crippen molar-refractivity contribution in [2.45, 2.75) is 13.5 Å². The number of benzene rings is 1. The Morgan fingerprint density at radius 2 is 2.15 bits per heavy atom. The van der Waals surface area contributed by atoms with Crippen LogP contribution in [0.25, 0.3) is 11.3 Å². The van der Waals surface area contributed by atoms with Gasteiger partial charge in [0.1, 0.15) is 6.61 Å². The third-order valence-electron chi connectivity index (χ3n) is 3.85. The van der Waals surface area contributed by atoms with Crippen LogP contribution in [0.4, 0.5) is 5.69 Å². The minimum atomic E-state index is 0.0156. The number of likely N-dealkylation sites (N-methyl/N-ethyl adjacent to an activating group) is 1. The molecule has 1 amide bonds. The van der Waals surface area contributed by atoms with Gasteiger partial charge in [0.25, 0.3) is 5.91 Å². The van der Waals surface area contributed by atoms with E-state index in [1.807, 2.05) is 31.5 Å². The van der Waals surface area contributed by atoms with Gasteiger partial charge in [0, 0.05) is 18.2 Å². The highest BCUT2D eigenvalue weighted by Crippen LogP contribution is 2.45. The van der Waals surface area contributed by atoms with Gasteiger partial charge in [0.15, 0.2) is 5.76 Å². The number of ether oxygens (including phenoxy) is 1. The van der Waals surface area contributed by atoms with Gasteiger partial charge in [-0.3, -0.25) is 4.79 Å². The molecule has 0 saturated heterocycles. The molecule has 0 atom stereocenters. The zero-order chi connectivity index (χ0) is 13.9. The van der Waals surface area contributed by atoms with Crippen molar-refractivity contribution in [2.75, 3.05) is 11.9 Å². The average Bonchev–Trinajstić information content (AvgIpc) is 3.07. The van der Waals surface area contributed by atoms with E-state index in [9.17, 15) is 4.79 Å². The predicted molar refractivity (Wildman–Crippen MR) is 80.5 cm³/mol. The van der Waals surface area contributed by atoms with Crippen molar-refractivity contribution in [2.24, 2.45) is 0 Å². The topological polar surface area (TPSA) is 29.5 Å². The minimum absolute atomic E-state index is 0.0156. The second-order valence-corrected chi connectivity index (χ2v) is 6.07. The lowest BCUT2D eigenvalue weighted by Crippen LogP contribution is -2.20. The summed E-state index contributed by atoms with van der Waals surface area (Å²) in [6.45, 7) is 2.60. The molecule has 0 N–H and O–H groups in total. The molecule has 20 heavy (non-hydrogen) atoms. The number of hydrogen-bond donors (Lipinski definition) is 0. The van der Waals surface area contributed by atoms with Crippen LogP contribution < -0.4 is 4.90 Å². The lowest BCUT2D eigenvalue weighted by molar-refractivity contribution is -0.112. The summed E-state index contributed by atoms with van der Waals surface area (Å²) in [4.78, 5) is 15.4. The van der Waals surface area contributed by atoms with Gasteiger partial charge in [0.2, 0.25) is 0 Å². The van der Waals surface area contributed by atoms with Crippen LogP contribution in [0, 0.1) is 6.92 Å². The molecule has 1 aromatic heterocycles. The molecule has 0 aliphatic carbocycles. The van der Waals surface area contributed by atoms with Crippen molar-refractivity contribution in [1.29, 1.82) is 0 Å². The van der Waals surface area contributed by atoms with Crippen LogP contribution in [0.2, 0.25) is 0 Å². The van der Waals surface area contributed by atoms with E-state index in [0.717, 1.165) is 27.5 Å². The molecule has 0 saturated carbocycles. The van der Waals surface area contributed by atoms with Crippen LogP contribution in [0.3, 0.4) is 0 Å². The maximum atomic E-state index is 12.6. The molecule has 4 rings (SSSR count). The lowest BCUT2D eigenvalue weighted by atomic mass is 10.0. The van der Waals surface area contributed by atoms with Crippen LogP contribution >= 0.6 is 11.3 Å². The molecule has 4 heteroatoms. The Kier molecular flexibility index (Phi) is 2.32. The van der Waals surface area contributed by atoms with E-state index in [-0.39, 0.29) is 5.91 Å². The maximum Gasteiger partial charge on any atom is 0.262 e. The summed E-state index contributed by atoms with van der Waals surface area (Å²) in [5.41, 5.74) is 4.96. The predicted octanol–water partition coefficient (Wildman–Crippen LogP) is 3.43. The Labute approximate surface area is 121 Å². The fourth-order valence-electron chi connectivity index (χ4n) is 2.80. The number of carbonyl (C=O) groups is 1. The van der Waals surface area contributed by atoms with E-state index in [2.05, 4.69) is 12.1 Å². The van der Waals surface area contributed by atoms with Crippen molar-refractivity contribution in [3.63, 3.8) is 0 Å². The third-order valence-corrected chi connectivity index (χ3v) is 4.81. The molecule has 2 aromatic rings. The summed E-state index contributed by atoms with van der Waals surface area (Å²) in [6.07, 6.45) is 0. The molecule has 0 fully saturated rings. The minimum Gasteiger partial charge on any atom is -0.486 e. The van der Waals surface area contributed by atoms with Gasteiger partial charge >= 0.3 is 0 Å². The van der Waals surface area contributed by atoms with Gasteiger partial charge in [-0.2, -0.15) is 0 Å². The smallest absolute Gasteiger partial charge is 0.262 e. The first-order valence-electron chi connectivity index (χ1n) is 6.49. The SMILES string of the molecule is Cc1ccc2c(c1)/C(=C1\OCc3ccsc31)C(=O)N2C. The Hall–Kier alpha value is -2.07. The highest BCUT2D eigenvalue weighted by atomic mass is 32.1. The number of aryl methyl sites for hydroxylation is 1. The van der Waals surface area contributed by atoms with E-state index in [4.69, 9.17) is 4.74 Å². The fraction of sp³-hybridized carbons (Fsp3) is 0.188. The van der Waals surface area contributed by atoms with Gasteiger partial charge < -0.3 is 9.64 Å². The summed E-state index contributed by atoms with van der Waals surface area (Å²) in [7, 11) is 1.81. The standard InChI is InChI=1S/C16H13NO2S/c1-9-3-4-12-11(7-9)13(16(18)17(12)2)14-15-10(8-19-14)5-6-20-15/h3-7H,8H2,1-2H3/b14-13+. The Morgan fingerprint density at radius 3 is 3.00 bits per heavy atom. The molecule has 3 heterocycles. The largest absolute Gasteiger partial charge is 0.486 e. The Morgan fingerprint density at radius 1 is 1.30 bits per heavy atom. The molecule has 0 bridgehead atoms. The van der Waals surface area contributed by atoms with Crippen LogP contribution in [-0.4, -0.2) is 13.0 Å². The number of amides is 1. The molecule has 3 nitrogen and oxygen atoms in total. The summed E-state index contributed by atoms with van der Waals surface area (Å²) >= 11 is 1.64. The molecule has 0 unspecified atom stereocenters. The molecule has 1 aromatic carbocycles. The first-order valence-corrected chi connectivity index (χ1v) is 7.37. The summed E-state index contributed by atoms with van der Waals surface area (Å²) < 4.78 is 5.81. The van der Waals surface area contributed by atoms with Crippen LogP contribution in [-0.2, 0) is 16.1 Å². The van der Waals surface area contributed by atoms with Crippen LogP contribution in [0.1, 0.15) is 21.6 Å². The Bertz CT molecular complexity index is 773. The summed E-state index contributed by atoms with van der Waals surface area (Å²) in [6, 6.07) is 8.16. The molecule has 0 spiro atoms. The van der Waals surface area contributed by atoms with E-state index in [1.165, 1.54) is 5.56 Å². The zero-order valence-electron chi connectivity index (χ0n) is 11.3. The van der Waals surface area contributed by atoms with Gasteiger partial charge in [-0.1, -0.05) is 11.6 Å². The van der Waals surface area contributed by atoms with Gasteiger partial charge in [-0.25, -0.2) is 0 Å². The number of hydrogen-bond acceptors (Lipinski definition) is 3. The molecule has 0 radical (unpaired) electrons. The third kappa shape index (κ3) is 1.42. The maximum absolute atomic E-state index is 12.6. The second kappa shape index (κ2) is 3.96. The number of nitrogens with zero attached hydrogens (tertiary/aromatic N) is 1. The highest BCUT2D eigenvalue weighted by molar-refractivity contribution is 7.11. The second-order valence-electron chi connectivity index (χ2n) is 5.15. The van der Waals surface area contributed by atoms with E-state index in [0.29, 0.717) is 12.2 Å². The Balaban J connectivity index is 2.01. The van der Waals surface area contributed by atoms with Gasteiger partial charge in [-0.15, -0.1) is 11.3 Å². The normalized spacial score (nSPS) is 20.1. The lowest BCUT2D eigenvalue weighted by Gasteiger charge is -2.08. The monoisotopic (exact) mass is 283 g/mol. The number of anilines is 1. The number of carbonyl (C=O) groups excluding carboxylic acids is 1. The first-order chi connectivity index (χ1) is 9.66. The number of rotatable bonds is 0. The van der Waals surface area contributed by atoms with E-state index in [1.54, 1.807) is 16.2 Å². The van der Waals surface area contributed by atoms with Gasteiger partial charge in [-0.05, 0) is 30.5 Å². The van der Waals surface area contributed by atoms with Gasteiger partial charge in [0.05, 0.1) is 16.1 Å². The number of fused-ring (bicyclic) bond motifs is 2. The van der Waals surface area contributed by atoms with E-state index >= 15 is 0 Å².